The first kappa shape index (κ1) is 18.1. The van der Waals surface area contributed by atoms with Crippen molar-refractivity contribution in [3.8, 4) is 0 Å². The number of hydrogen-bond acceptors (Lipinski definition) is 5. The molecular weight excluding hydrogens is 382 g/mol. The number of halogens is 1. The molecule has 4 rings (SSSR count). The number of hydrogen-bond donors (Lipinski definition) is 0. The van der Waals surface area contributed by atoms with Gasteiger partial charge in [0.2, 0.25) is 5.91 Å². The Morgan fingerprint density at radius 2 is 2.00 bits per heavy atom. The highest BCUT2D eigenvalue weighted by Crippen LogP contribution is 2.25. The molecule has 1 aliphatic heterocycles. The fourth-order valence-corrected chi connectivity index (χ4v) is 4.28. The molecule has 140 valence electrons. The lowest BCUT2D eigenvalue weighted by Crippen LogP contribution is -2.49. The van der Waals surface area contributed by atoms with Crippen LogP contribution in [0.25, 0.3) is 11.0 Å². The second-order valence-electron chi connectivity index (χ2n) is 6.43. The average Bonchev–Trinajstić information content (AvgIpc) is 3.01. The van der Waals surface area contributed by atoms with E-state index in [0.717, 1.165) is 35.1 Å². The summed E-state index contributed by atoms with van der Waals surface area (Å²) in [5, 5.41) is 1.49. The first-order valence-electron chi connectivity index (χ1n) is 8.80. The van der Waals surface area contributed by atoms with Gasteiger partial charge in [0.05, 0.1) is 16.8 Å². The van der Waals surface area contributed by atoms with Gasteiger partial charge in [0, 0.05) is 44.4 Å². The van der Waals surface area contributed by atoms with Gasteiger partial charge in [-0.25, -0.2) is 9.97 Å². The summed E-state index contributed by atoms with van der Waals surface area (Å²) in [6.45, 7) is 3.04. The van der Waals surface area contributed by atoms with Crippen molar-refractivity contribution in [2.75, 3.05) is 36.8 Å². The van der Waals surface area contributed by atoms with Crippen molar-refractivity contribution < 1.29 is 4.79 Å². The number of pyridine rings is 1. The van der Waals surface area contributed by atoms with Crippen molar-refractivity contribution in [3.05, 3.63) is 47.6 Å². The summed E-state index contributed by atoms with van der Waals surface area (Å²) < 4.78 is 2.00. The van der Waals surface area contributed by atoms with E-state index in [1.807, 2.05) is 52.9 Å². The van der Waals surface area contributed by atoms with Crippen molar-refractivity contribution in [2.24, 2.45) is 7.05 Å². The number of carbonyl (C=O) groups excluding carboxylic acids is 1. The van der Waals surface area contributed by atoms with E-state index in [-0.39, 0.29) is 5.91 Å². The molecule has 3 aromatic rings. The van der Waals surface area contributed by atoms with Gasteiger partial charge >= 0.3 is 0 Å². The summed E-state index contributed by atoms with van der Waals surface area (Å²) in [7, 11) is 1.96. The topological polar surface area (TPSA) is 54.3 Å². The van der Waals surface area contributed by atoms with Gasteiger partial charge in [-0.3, -0.25) is 4.79 Å². The zero-order valence-electron chi connectivity index (χ0n) is 15.0. The monoisotopic (exact) mass is 401 g/mol. The number of aromatic nitrogens is 3. The third-order valence-electron chi connectivity index (χ3n) is 4.73. The number of nitrogens with zero attached hydrogens (tertiary/aromatic N) is 5. The number of imidazole rings is 1. The van der Waals surface area contributed by atoms with E-state index in [0.29, 0.717) is 23.9 Å². The molecular formula is C19H20ClN5OS. The fraction of sp³-hybridized carbons (Fsp3) is 0.316. The van der Waals surface area contributed by atoms with Crippen molar-refractivity contribution in [1.82, 2.24) is 19.4 Å². The van der Waals surface area contributed by atoms with E-state index in [4.69, 9.17) is 11.6 Å². The quantitative estimate of drug-likeness (QED) is 0.629. The van der Waals surface area contributed by atoms with E-state index in [1.54, 1.807) is 6.20 Å². The van der Waals surface area contributed by atoms with Gasteiger partial charge in [-0.1, -0.05) is 29.4 Å². The van der Waals surface area contributed by atoms with Crippen molar-refractivity contribution in [3.63, 3.8) is 0 Å². The number of benzene rings is 1. The fourth-order valence-electron chi connectivity index (χ4n) is 3.22. The summed E-state index contributed by atoms with van der Waals surface area (Å²) in [5.41, 5.74) is 1.86. The molecule has 8 heteroatoms. The number of anilines is 1. The van der Waals surface area contributed by atoms with Crippen LogP contribution in [0.1, 0.15) is 0 Å². The number of piperazine rings is 1. The van der Waals surface area contributed by atoms with E-state index in [9.17, 15) is 4.79 Å². The molecule has 3 heterocycles. The molecule has 0 atom stereocenters. The smallest absolute Gasteiger partial charge is 0.233 e. The highest BCUT2D eigenvalue weighted by atomic mass is 35.5. The normalized spacial score (nSPS) is 14.7. The van der Waals surface area contributed by atoms with Gasteiger partial charge < -0.3 is 14.4 Å². The van der Waals surface area contributed by atoms with Crippen LogP contribution in [-0.4, -0.2) is 57.3 Å². The van der Waals surface area contributed by atoms with Crippen molar-refractivity contribution in [2.45, 2.75) is 5.16 Å². The maximum atomic E-state index is 12.6. The molecule has 1 aromatic carbocycles. The Morgan fingerprint density at radius 1 is 1.19 bits per heavy atom. The maximum absolute atomic E-state index is 12.6. The van der Waals surface area contributed by atoms with Crippen LogP contribution >= 0.6 is 23.4 Å². The molecule has 1 fully saturated rings. The van der Waals surface area contributed by atoms with Crippen LogP contribution in [0.2, 0.25) is 5.02 Å². The molecule has 0 unspecified atom stereocenters. The van der Waals surface area contributed by atoms with Crippen LogP contribution in [-0.2, 0) is 11.8 Å². The van der Waals surface area contributed by atoms with Crippen LogP contribution < -0.4 is 4.90 Å². The molecule has 27 heavy (non-hydrogen) atoms. The molecule has 0 aliphatic carbocycles. The Kier molecular flexibility index (Phi) is 5.22. The number of aryl methyl sites for hydroxylation is 1. The second-order valence-corrected chi connectivity index (χ2v) is 7.81. The lowest BCUT2D eigenvalue weighted by molar-refractivity contribution is -0.128. The molecule has 0 radical (unpaired) electrons. The summed E-state index contributed by atoms with van der Waals surface area (Å²) in [5.74, 6) is 1.50. The van der Waals surface area contributed by atoms with Gasteiger partial charge in [0.25, 0.3) is 0 Å². The summed E-state index contributed by atoms with van der Waals surface area (Å²) in [6.07, 6.45) is 1.80. The van der Waals surface area contributed by atoms with E-state index < -0.39 is 0 Å². The SMILES string of the molecule is Cn1c(SCC(=O)N2CCN(c3ccccn3)CC2)nc2cc(Cl)ccc21. The largest absolute Gasteiger partial charge is 0.353 e. The number of rotatable bonds is 4. The predicted molar refractivity (Wildman–Crippen MR) is 109 cm³/mol. The lowest BCUT2D eigenvalue weighted by Gasteiger charge is -2.35. The predicted octanol–water partition coefficient (Wildman–Crippen LogP) is 3.06. The minimum Gasteiger partial charge on any atom is -0.353 e. The molecule has 0 bridgehead atoms. The first-order chi connectivity index (χ1) is 13.1. The number of carbonyl (C=O) groups is 1. The molecule has 1 amide bonds. The Labute approximate surface area is 167 Å². The van der Waals surface area contributed by atoms with Crippen LogP contribution in [0.4, 0.5) is 5.82 Å². The van der Waals surface area contributed by atoms with Gasteiger partial charge in [0.15, 0.2) is 5.16 Å². The Hall–Kier alpha value is -2.25. The van der Waals surface area contributed by atoms with Gasteiger partial charge in [-0.15, -0.1) is 0 Å². The molecule has 6 nitrogen and oxygen atoms in total. The molecule has 1 aliphatic rings. The highest BCUT2D eigenvalue weighted by molar-refractivity contribution is 7.99. The third kappa shape index (κ3) is 3.89. The summed E-state index contributed by atoms with van der Waals surface area (Å²) in [6, 6.07) is 11.6. The minimum absolute atomic E-state index is 0.144. The maximum Gasteiger partial charge on any atom is 0.233 e. The molecule has 1 saturated heterocycles. The molecule has 0 saturated carbocycles. The highest BCUT2D eigenvalue weighted by Gasteiger charge is 2.22. The van der Waals surface area contributed by atoms with Crippen LogP contribution in [0.15, 0.2) is 47.8 Å². The zero-order chi connectivity index (χ0) is 18.8. The van der Waals surface area contributed by atoms with E-state index in [2.05, 4.69) is 14.9 Å². The zero-order valence-corrected chi connectivity index (χ0v) is 16.6. The van der Waals surface area contributed by atoms with Gasteiger partial charge in [0.1, 0.15) is 5.82 Å². The average molecular weight is 402 g/mol. The number of thioether (sulfide) groups is 1. The van der Waals surface area contributed by atoms with Gasteiger partial charge in [-0.2, -0.15) is 0 Å². The number of fused-ring (bicyclic) bond motifs is 1. The number of amides is 1. The van der Waals surface area contributed by atoms with Gasteiger partial charge in [-0.05, 0) is 30.3 Å². The van der Waals surface area contributed by atoms with Crippen molar-refractivity contribution >= 4 is 46.1 Å². The third-order valence-corrected chi connectivity index (χ3v) is 5.98. The van der Waals surface area contributed by atoms with E-state index >= 15 is 0 Å². The second kappa shape index (κ2) is 7.78. The summed E-state index contributed by atoms with van der Waals surface area (Å²) >= 11 is 7.51. The standard InChI is InChI=1S/C19H20ClN5OS/c1-23-16-6-5-14(20)12-15(16)22-19(23)27-13-18(26)25-10-8-24(9-11-25)17-4-2-3-7-21-17/h2-7,12H,8-11,13H2,1H3. The Morgan fingerprint density at radius 3 is 2.74 bits per heavy atom. The van der Waals surface area contributed by atoms with Crippen LogP contribution in [0.5, 0.6) is 0 Å². The van der Waals surface area contributed by atoms with Crippen LogP contribution in [0, 0.1) is 0 Å². The first-order valence-corrected chi connectivity index (χ1v) is 10.2. The summed E-state index contributed by atoms with van der Waals surface area (Å²) in [4.78, 5) is 25.7. The lowest BCUT2D eigenvalue weighted by atomic mass is 10.3. The molecule has 0 spiro atoms. The van der Waals surface area contributed by atoms with E-state index in [1.165, 1.54) is 11.8 Å². The van der Waals surface area contributed by atoms with Crippen molar-refractivity contribution in [1.29, 1.82) is 0 Å². The molecule has 0 N–H and O–H groups in total. The van der Waals surface area contributed by atoms with Crippen LogP contribution in [0.3, 0.4) is 0 Å². The Balaban J connectivity index is 1.34. The minimum atomic E-state index is 0.144. The Bertz CT molecular complexity index is 953. The molecule has 2 aromatic heterocycles.